The second-order valence-electron chi connectivity index (χ2n) is 6.02. The number of non-ortho nitro benzene ring substituents is 1. The van der Waals surface area contributed by atoms with Crippen molar-refractivity contribution in [3.05, 3.63) is 33.9 Å². The lowest BCUT2D eigenvalue weighted by Gasteiger charge is -2.34. The van der Waals surface area contributed by atoms with Crippen LogP contribution in [-0.2, 0) is 6.42 Å². The number of nitriles is 1. The number of hydrogen-bond donors (Lipinski definition) is 0. The molecule has 0 N–H and O–H groups in total. The minimum atomic E-state index is -0.430. The molecule has 2 unspecified atom stereocenters. The molecule has 0 radical (unpaired) electrons. The molecule has 1 fully saturated rings. The highest BCUT2D eigenvalue weighted by molar-refractivity contribution is 5.44. The van der Waals surface area contributed by atoms with Crippen LogP contribution in [0.15, 0.2) is 18.2 Å². The zero-order valence-electron chi connectivity index (χ0n) is 12.5. The van der Waals surface area contributed by atoms with Crippen molar-refractivity contribution in [2.75, 3.05) is 7.11 Å². The monoisotopic (exact) mass is 288 g/mol. The highest BCUT2D eigenvalue weighted by atomic mass is 16.6. The Morgan fingerprint density at radius 3 is 2.90 bits per heavy atom. The van der Waals surface area contributed by atoms with Crippen molar-refractivity contribution < 1.29 is 9.66 Å². The molecule has 112 valence electrons. The Morgan fingerprint density at radius 1 is 1.57 bits per heavy atom. The van der Waals surface area contributed by atoms with Gasteiger partial charge in [-0.1, -0.05) is 19.8 Å². The summed E-state index contributed by atoms with van der Waals surface area (Å²) in [4.78, 5) is 10.5. The Morgan fingerprint density at radius 2 is 2.33 bits per heavy atom. The van der Waals surface area contributed by atoms with E-state index in [0.717, 1.165) is 31.2 Å². The topological polar surface area (TPSA) is 76.2 Å². The number of hydrogen-bond acceptors (Lipinski definition) is 4. The van der Waals surface area contributed by atoms with Crippen molar-refractivity contribution in [2.45, 2.75) is 39.0 Å². The van der Waals surface area contributed by atoms with E-state index < -0.39 is 10.3 Å². The van der Waals surface area contributed by atoms with Gasteiger partial charge in [-0.25, -0.2) is 0 Å². The van der Waals surface area contributed by atoms with Crippen molar-refractivity contribution >= 4 is 5.69 Å². The maximum absolute atomic E-state index is 10.9. The summed E-state index contributed by atoms with van der Waals surface area (Å²) in [5, 5.41) is 20.6. The summed E-state index contributed by atoms with van der Waals surface area (Å²) in [6, 6.07) is 7.06. The minimum absolute atomic E-state index is 0.0442. The zero-order chi connectivity index (χ0) is 15.5. The molecular weight excluding hydrogens is 268 g/mol. The van der Waals surface area contributed by atoms with Crippen LogP contribution in [0.3, 0.4) is 0 Å². The summed E-state index contributed by atoms with van der Waals surface area (Å²) in [6.07, 6.45) is 4.38. The summed E-state index contributed by atoms with van der Waals surface area (Å²) < 4.78 is 5.31. The van der Waals surface area contributed by atoms with Gasteiger partial charge < -0.3 is 4.74 Å². The predicted octanol–water partition coefficient (Wildman–Crippen LogP) is 3.87. The highest BCUT2D eigenvalue weighted by Crippen LogP contribution is 2.43. The number of methoxy groups -OCH3 is 1. The molecule has 1 aromatic rings. The molecular formula is C16H20N2O3. The molecule has 0 heterocycles. The van der Waals surface area contributed by atoms with Gasteiger partial charge in [0.1, 0.15) is 5.75 Å². The first-order valence-corrected chi connectivity index (χ1v) is 7.22. The number of benzene rings is 1. The molecule has 2 atom stereocenters. The van der Waals surface area contributed by atoms with E-state index >= 15 is 0 Å². The van der Waals surface area contributed by atoms with E-state index in [9.17, 15) is 15.4 Å². The highest BCUT2D eigenvalue weighted by Gasteiger charge is 2.36. The van der Waals surface area contributed by atoms with Gasteiger partial charge in [0.25, 0.3) is 5.69 Å². The summed E-state index contributed by atoms with van der Waals surface area (Å²) >= 11 is 0. The van der Waals surface area contributed by atoms with Gasteiger partial charge in [-0.3, -0.25) is 10.1 Å². The van der Waals surface area contributed by atoms with Crippen LogP contribution < -0.4 is 4.74 Å². The van der Waals surface area contributed by atoms with Crippen molar-refractivity contribution in [3.8, 4) is 11.8 Å². The lowest BCUT2D eigenvalue weighted by molar-refractivity contribution is -0.384. The van der Waals surface area contributed by atoms with Crippen molar-refractivity contribution in [3.63, 3.8) is 0 Å². The first-order chi connectivity index (χ1) is 9.99. The molecule has 5 heteroatoms. The van der Waals surface area contributed by atoms with Gasteiger partial charge >= 0.3 is 0 Å². The van der Waals surface area contributed by atoms with Gasteiger partial charge in [-0.2, -0.15) is 5.26 Å². The van der Waals surface area contributed by atoms with Gasteiger partial charge in [0.05, 0.1) is 23.5 Å². The maximum Gasteiger partial charge on any atom is 0.269 e. The van der Waals surface area contributed by atoms with E-state index in [0.29, 0.717) is 18.1 Å². The molecule has 1 aliphatic rings. The molecule has 0 aliphatic heterocycles. The van der Waals surface area contributed by atoms with E-state index in [-0.39, 0.29) is 5.69 Å². The molecule has 0 aromatic heterocycles. The maximum atomic E-state index is 10.9. The third-order valence-corrected chi connectivity index (χ3v) is 4.33. The molecule has 0 amide bonds. The summed E-state index contributed by atoms with van der Waals surface area (Å²) in [6.45, 7) is 2.16. The molecule has 0 spiro atoms. The van der Waals surface area contributed by atoms with Crippen LogP contribution in [-0.4, -0.2) is 12.0 Å². The fourth-order valence-corrected chi connectivity index (χ4v) is 3.34. The number of nitro groups is 1. The van der Waals surface area contributed by atoms with Gasteiger partial charge in [-0.15, -0.1) is 0 Å². The molecule has 2 rings (SSSR count). The van der Waals surface area contributed by atoms with Gasteiger partial charge in [0.15, 0.2) is 0 Å². The number of nitrogens with zero attached hydrogens (tertiary/aromatic N) is 2. The lowest BCUT2D eigenvalue weighted by Crippen LogP contribution is -2.28. The second kappa shape index (κ2) is 6.13. The Bertz CT molecular complexity index is 579. The second-order valence-corrected chi connectivity index (χ2v) is 6.02. The smallest absolute Gasteiger partial charge is 0.269 e. The Hall–Kier alpha value is -2.09. The van der Waals surface area contributed by atoms with Gasteiger partial charge in [0.2, 0.25) is 0 Å². The van der Waals surface area contributed by atoms with E-state index in [4.69, 9.17) is 4.74 Å². The molecule has 0 saturated heterocycles. The number of nitro benzene ring substituents is 1. The van der Waals surface area contributed by atoms with Gasteiger partial charge in [0, 0.05) is 17.7 Å². The zero-order valence-corrected chi connectivity index (χ0v) is 12.5. The van der Waals surface area contributed by atoms with E-state index in [1.807, 2.05) is 0 Å². The van der Waals surface area contributed by atoms with Crippen LogP contribution in [0, 0.1) is 32.8 Å². The van der Waals surface area contributed by atoms with Gasteiger partial charge in [-0.05, 0) is 31.2 Å². The van der Waals surface area contributed by atoms with Crippen molar-refractivity contribution in [2.24, 2.45) is 11.3 Å². The molecule has 21 heavy (non-hydrogen) atoms. The van der Waals surface area contributed by atoms with Crippen LogP contribution in [0.25, 0.3) is 0 Å². The summed E-state index contributed by atoms with van der Waals surface area (Å²) in [5.74, 6) is 1.14. The molecule has 5 nitrogen and oxygen atoms in total. The van der Waals surface area contributed by atoms with Crippen LogP contribution in [0.4, 0.5) is 5.69 Å². The lowest BCUT2D eigenvalue weighted by atomic mass is 9.68. The third kappa shape index (κ3) is 3.33. The SMILES string of the molecule is COc1ccc([N+](=O)[O-])cc1CC1(C#N)CCCC(C)C1. The van der Waals surface area contributed by atoms with Crippen LogP contribution in [0.1, 0.15) is 38.2 Å². The number of ether oxygens (including phenoxy) is 1. The molecule has 1 saturated carbocycles. The number of rotatable bonds is 4. The average molecular weight is 288 g/mol. The average Bonchev–Trinajstić information content (AvgIpc) is 2.47. The Labute approximate surface area is 124 Å². The molecule has 0 bridgehead atoms. The van der Waals surface area contributed by atoms with Crippen molar-refractivity contribution in [1.29, 1.82) is 5.26 Å². The van der Waals surface area contributed by atoms with E-state index in [1.54, 1.807) is 13.2 Å². The minimum Gasteiger partial charge on any atom is -0.496 e. The van der Waals surface area contributed by atoms with E-state index in [1.165, 1.54) is 12.1 Å². The van der Waals surface area contributed by atoms with E-state index in [2.05, 4.69) is 13.0 Å². The first-order valence-electron chi connectivity index (χ1n) is 7.22. The first kappa shape index (κ1) is 15.3. The Balaban J connectivity index is 2.34. The predicted molar refractivity (Wildman–Crippen MR) is 79.0 cm³/mol. The Kier molecular flexibility index (Phi) is 4.46. The fraction of sp³-hybridized carbons (Fsp3) is 0.562. The largest absolute Gasteiger partial charge is 0.496 e. The molecule has 1 aromatic carbocycles. The molecule has 1 aliphatic carbocycles. The fourth-order valence-electron chi connectivity index (χ4n) is 3.34. The standard InChI is InChI=1S/C16H20N2O3/c1-12-4-3-7-16(9-12,11-17)10-13-8-14(18(19)20)5-6-15(13)21-2/h5-6,8,12H,3-4,7,9-10H2,1-2H3. The third-order valence-electron chi connectivity index (χ3n) is 4.33. The van der Waals surface area contributed by atoms with Crippen LogP contribution >= 0.6 is 0 Å². The normalized spacial score (nSPS) is 25.1. The van der Waals surface area contributed by atoms with Crippen LogP contribution in [0.2, 0.25) is 0 Å². The summed E-state index contributed by atoms with van der Waals surface area (Å²) in [7, 11) is 1.55. The summed E-state index contributed by atoms with van der Waals surface area (Å²) in [5.41, 5.74) is 0.366. The quantitative estimate of drug-likeness (QED) is 0.622. The van der Waals surface area contributed by atoms with Crippen LogP contribution in [0.5, 0.6) is 5.75 Å². The van der Waals surface area contributed by atoms with Crippen molar-refractivity contribution in [1.82, 2.24) is 0 Å².